The Hall–Kier alpha value is -0.180. The molecule has 64 valence electrons. The number of oxime groups is 1. The van der Waals surface area contributed by atoms with E-state index < -0.39 is 0 Å². The minimum Gasteiger partial charge on any atom is -0.411 e. The molecule has 0 heterocycles. The van der Waals surface area contributed by atoms with Crippen LogP contribution in [-0.2, 0) is 0 Å². The summed E-state index contributed by atoms with van der Waals surface area (Å²) in [5.41, 5.74) is 0.764. The molecule has 0 aliphatic heterocycles. The van der Waals surface area contributed by atoms with Crippen molar-refractivity contribution >= 4 is 18.3 Å². The average Bonchev–Trinajstić information content (AvgIpc) is 2.04. The summed E-state index contributed by atoms with van der Waals surface area (Å²) >= 11 is 4.53. The molecule has 0 saturated heterocycles. The van der Waals surface area contributed by atoms with Crippen LogP contribution in [0.15, 0.2) is 5.16 Å². The quantitative estimate of drug-likeness (QED) is 0.271. The third kappa shape index (κ3) is 1.89. The van der Waals surface area contributed by atoms with E-state index in [4.69, 9.17) is 5.21 Å². The predicted molar refractivity (Wildman–Crippen MR) is 49.7 cm³/mol. The molecule has 1 N–H and O–H groups in total. The van der Waals surface area contributed by atoms with E-state index in [0.29, 0.717) is 0 Å². The Balaban J connectivity index is 2.64. The van der Waals surface area contributed by atoms with Crippen LogP contribution in [0, 0.1) is 0 Å². The lowest BCUT2D eigenvalue weighted by Crippen LogP contribution is -2.33. The molecule has 0 bridgehead atoms. The van der Waals surface area contributed by atoms with E-state index in [9.17, 15) is 0 Å². The van der Waals surface area contributed by atoms with E-state index >= 15 is 0 Å². The maximum absolute atomic E-state index is 8.59. The molecule has 1 aliphatic carbocycles. The van der Waals surface area contributed by atoms with Crippen LogP contribution in [0.3, 0.4) is 0 Å². The highest BCUT2D eigenvalue weighted by Gasteiger charge is 2.31. The molecule has 0 aromatic carbocycles. The fourth-order valence-corrected chi connectivity index (χ4v) is 1.95. The maximum Gasteiger partial charge on any atom is 0.0697 e. The van der Waals surface area contributed by atoms with Gasteiger partial charge in [-0.2, -0.15) is 12.6 Å². The first-order valence-electron chi connectivity index (χ1n) is 4.10. The van der Waals surface area contributed by atoms with Crippen LogP contribution in [0.1, 0.15) is 39.0 Å². The molecule has 2 nitrogen and oxygen atoms in total. The van der Waals surface area contributed by atoms with E-state index in [1.807, 2.05) is 6.92 Å². The number of hydrogen-bond acceptors (Lipinski definition) is 3. The van der Waals surface area contributed by atoms with E-state index in [1.165, 1.54) is 19.3 Å². The van der Waals surface area contributed by atoms with Gasteiger partial charge in [-0.05, 0) is 19.8 Å². The molecule has 0 spiro atoms. The van der Waals surface area contributed by atoms with Gasteiger partial charge in [0, 0.05) is 0 Å². The van der Waals surface area contributed by atoms with E-state index in [0.717, 1.165) is 18.6 Å². The zero-order chi connectivity index (χ0) is 8.32. The van der Waals surface area contributed by atoms with Crippen molar-refractivity contribution in [2.75, 3.05) is 0 Å². The maximum atomic E-state index is 8.59. The van der Waals surface area contributed by atoms with Crippen LogP contribution in [0.25, 0.3) is 0 Å². The van der Waals surface area contributed by atoms with Crippen molar-refractivity contribution in [3.8, 4) is 0 Å². The number of nitrogens with zero attached hydrogens (tertiary/aromatic N) is 1. The van der Waals surface area contributed by atoms with E-state index in [-0.39, 0.29) is 4.75 Å². The Morgan fingerprint density at radius 3 is 2.36 bits per heavy atom. The first-order valence-corrected chi connectivity index (χ1v) is 4.55. The lowest BCUT2D eigenvalue weighted by atomic mass is 9.85. The molecule has 0 aromatic heterocycles. The highest BCUT2D eigenvalue weighted by atomic mass is 32.1. The van der Waals surface area contributed by atoms with Gasteiger partial charge in [0.2, 0.25) is 0 Å². The van der Waals surface area contributed by atoms with Crippen molar-refractivity contribution in [2.45, 2.75) is 43.8 Å². The van der Waals surface area contributed by atoms with Gasteiger partial charge in [-0.15, -0.1) is 0 Å². The van der Waals surface area contributed by atoms with Crippen LogP contribution in [0.4, 0.5) is 0 Å². The summed E-state index contributed by atoms with van der Waals surface area (Å²) in [6.07, 6.45) is 5.80. The topological polar surface area (TPSA) is 32.6 Å². The summed E-state index contributed by atoms with van der Waals surface area (Å²) < 4.78 is -0.118. The van der Waals surface area contributed by atoms with Crippen LogP contribution in [0.2, 0.25) is 0 Å². The summed E-state index contributed by atoms with van der Waals surface area (Å²) in [7, 11) is 0. The summed E-state index contributed by atoms with van der Waals surface area (Å²) in [6.45, 7) is 1.85. The molecule has 0 aromatic rings. The second-order valence-corrected chi connectivity index (χ2v) is 4.13. The van der Waals surface area contributed by atoms with Gasteiger partial charge in [-0.25, -0.2) is 0 Å². The second-order valence-electron chi connectivity index (χ2n) is 3.28. The standard InChI is InChI=1S/C8H15NOS/c1-7(9-10)8(11)5-3-2-4-6-8/h10-11H,2-6H2,1H3. The molecular formula is C8H15NOS. The van der Waals surface area contributed by atoms with Crippen molar-refractivity contribution in [1.29, 1.82) is 0 Å². The monoisotopic (exact) mass is 173 g/mol. The molecular weight excluding hydrogens is 158 g/mol. The smallest absolute Gasteiger partial charge is 0.0697 e. The molecule has 0 unspecified atom stereocenters. The summed E-state index contributed by atoms with van der Waals surface area (Å²) in [5, 5.41) is 11.8. The molecule has 0 amide bonds. The third-order valence-electron chi connectivity index (χ3n) is 2.50. The van der Waals surface area contributed by atoms with Crippen LogP contribution < -0.4 is 0 Å². The molecule has 3 heteroatoms. The fraction of sp³-hybridized carbons (Fsp3) is 0.875. The Kier molecular flexibility index (Phi) is 2.82. The third-order valence-corrected chi connectivity index (χ3v) is 3.28. The number of hydrogen-bond donors (Lipinski definition) is 2. The SMILES string of the molecule is CC(=NO)C1(S)CCCCC1. The van der Waals surface area contributed by atoms with Crippen molar-refractivity contribution in [3.63, 3.8) is 0 Å². The predicted octanol–water partition coefficient (Wildman–Crippen LogP) is 2.47. The Morgan fingerprint density at radius 1 is 1.36 bits per heavy atom. The zero-order valence-corrected chi connectivity index (χ0v) is 7.77. The van der Waals surface area contributed by atoms with Crippen molar-refractivity contribution in [2.24, 2.45) is 5.16 Å². The van der Waals surface area contributed by atoms with Crippen molar-refractivity contribution in [3.05, 3.63) is 0 Å². The van der Waals surface area contributed by atoms with Crippen LogP contribution in [-0.4, -0.2) is 15.7 Å². The average molecular weight is 173 g/mol. The van der Waals surface area contributed by atoms with Gasteiger partial charge in [0.25, 0.3) is 0 Å². The van der Waals surface area contributed by atoms with Gasteiger partial charge in [-0.3, -0.25) is 0 Å². The molecule has 1 fully saturated rings. The highest BCUT2D eigenvalue weighted by molar-refractivity contribution is 7.82. The lowest BCUT2D eigenvalue weighted by molar-refractivity contribution is 0.312. The molecule has 0 atom stereocenters. The normalized spacial score (nSPS) is 25.1. The molecule has 11 heavy (non-hydrogen) atoms. The Morgan fingerprint density at radius 2 is 1.91 bits per heavy atom. The van der Waals surface area contributed by atoms with Gasteiger partial charge in [0.15, 0.2) is 0 Å². The van der Waals surface area contributed by atoms with E-state index in [2.05, 4.69) is 17.8 Å². The number of thiol groups is 1. The van der Waals surface area contributed by atoms with Gasteiger partial charge < -0.3 is 5.21 Å². The zero-order valence-electron chi connectivity index (χ0n) is 6.88. The second kappa shape index (κ2) is 3.48. The first-order chi connectivity index (χ1) is 5.19. The molecule has 1 rings (SSSR count). The van der Waals surface area contributed by atoms with Crippen LogP contribution in [0.5, 0.6) is 0 Å². The van der Waals surface area contributed by atoms with E-state index in [1.54, 1.807) is 0 Å². The van der Waals surface area contributed by atoms with Gasteiger partial charge in [-0.1, -0.05) is 24.4 Å². The van der Waals surface area contributed by atoms with Crippen molar-refractivity contribution < 1.29 is 5.21 Å². The summed E-state index contributed by atoms with van der Waals surface area (Å²) in [5.74, 6) is 0. The highest BCUT2D eigenvalue weighted by Crippen LogP contribution is 2.34. The van der Waals surface area contributed by atoms with Gasteiger partial charge >= 0.3 is 0 Å². The largest absolute Gasteiger partial charge is 0.411 e. The van der Waals surface area contributed by atoms with Gasteiger partial charge in [0.1, 0.15) is 0 Å². The first kappa shape index (κ1) is 8.91. The molecule has 0 radical (unpaired) electrons. The van der Waals surface area contributed by atoms with Gasteiger partial charge in [0.05, 0.1) is 10.5 Å². The van der Waals surface area contributed by atoms with Crippen LogP contribution >= 0.6 is 12.6 Å². The Bertz CT molecular complexity index is 161. The summed E-state index contributed by atoms with van der Waals surface area (Å²) in [6, 6.07) is 0. The Labute approximate surface area is 73.1 Å². The molecule has 1 aliphatic rings. The molecule has 1 saturated carbocycles. The summed E-state index contributed by atoms with van der Waals surface area (Å²) in [4.78, 5) is 0. The lowest BCUT2D eigenvalue weighted by Gasteiger charge is -2.31. The number of rotatable bonds is 1. The van der Waals surface area contributed by atoms with Crippen molar-refractivity contribution in [1.82, 2.24) is 0 Å². The minimum absolute atomic E-state index is 0.118. The minimum atomic E-state index is -0.118. The fourth-order valence-electron chi connectivity index (χ4n) is 1.59.